The van der Waals surface area contributed by atoms with E-state index in [2.05, 4.69) is 9.97 Å². The first kappa shape index (κ1) is 16.3. The number of carbonyl (C=O) groups is 2. The maximum Gasteiger partial charge on any atom is 0.307 e. The fraction of sp³-hybridized carbons (Fsp3) is 0.667. The van der Waals surface area contributed by atoms with Crippen LogP contribution >= 0.6 is 0 Å². The van der Waals surface area contributed by atoms with E-state index in [9.17, 15) is 14.4 Å². The van der Waals surface area contributed by atoms with Crippen LogP contribution in [0.25, 0.3) is 0 Å². The van der Waals surface area contributed by atoms with Gasteiger partial charge in [0.2, 0.25) is 5.91 Å². The van der Waals surface area contributed by atoms with Gasteiger partial charge in [0, 0.05) is 25.1 Å². The summed E-state index contributed by atoms with van der Waals surface area (Å²) in [5, 5.41) is 0. The lowest BCUT2D eigenvalue weighted by atomic mass is 9.83. The summed E-state index contributed by atoms with van der Waals surface area (Å²) in [5.41, 5.74) is 0.107. The van der Waals surface area contributed by atoms with Crippen LogP contribution in [-0.4, -0.2) is 45.4 Å². The SMILES string of the molecule is O=C1C[C@@H](C(=O)N2CCC(c3cc(=O)[nH]cn3)CC2)C2(CCCC2)O1. The standard InChI is InChI=1S/C18H23N3O4/c22-15-10-14(19-11-20-15)12-3-7-21(8-4-12)17(24)13-9-16(23)25-18(13)5-1-2-6-18/h10-13H,1-9H2,(H,19,20,22)/t13-/m0/s1. The Morgan fingerprint density at radius 2 is 1.96 bits per heavy atom. The van der Waals surface area contributed by atoms with E-state index in [-0.39, 0.29) is 35.7 Å². The molecule has 1 N–H and O–H groups in total. The van der Waals surface area contributed by atoms with E-state index in [0.29, 0.717) is 13.1 Å². The molecule has 2 saturated heterocycles. The number of hydrogen-bond acceptors (Lipinski definition) is 5. The van der Waals surface area contributed by atoms with Crippen LogP contribution in [-0.2, 0) is 14.3 Å². The lowest BCUT2D eigenvalue weighted by molar-refractivity contribution is -0.152. The first-order valence-electron chi connectivity index (χ1n) is 9.13. The Labute approximate surface area is 145 Å². The van der Waals surface area contributed by atoms with Crippen LogP contribution in [0.15, 0.2) is 17.2 Å². The average molecular weight is 345 g/mol. The first-order valence-corrected chi connectivity index (χ1v) is 9.13. The van der Waals surface area contributed by atoms with Crippen molar-refractivity contribution in [3.63, 3.8) is 0 Å². The van der Waals surface area contributed by atoms with Crippen molar-refractivity contribution >= 4 is 11.9 Å². The number of nitrogens with zero attached hydrogens (tertiary/aromatic N) is 2. The molecule has 3 heterocycles. The Kier molecular flexibility index (Phi) is 4.09. The second-order valence-corrected chi connectivity index (χ2v) is 7.44. The fourth-order valence-corrected chi connectivity index (χ4v) is 4.65. The lowest BCUT2D eigenvalue weighted by Crippen LogP contribution is -2.47. The predicted molar refractivity (Wildman–Crippen MR) is 88.8 cm³/mol. The van der Waals surface area contributed by atoms with Crippen molar-refractivity contribution in [3.05, 3.63) is 28.4 Å². The number of esters is 1. The molecule has 1 aliphatic carbocycles. The Balaban J connectivity index is 1.43. The zero-order valence-electron chi connectivity index (χ0n) is 14.2. The van der Waals surface area contributed by atoms with E-state index < -0.39 is 5.60 Å². The van der Waals surface area contributed by atoms with Gasteiger partial charge in [0.25, 0.3) is 5.56 Å². The van der Waals surface area contributed by atoms with E-state index >= 15 is 0 Å². The molecule has 2 aliphatic heterocycles. The van der Waals surface area contributed by atoms with Gasteiger partial charge in [-0.15, -0.1) is 0 Å². The highest BCUT2D eigenvalue weighted by atomic mass is 16.6. The van der Waals surface area contributed by atoms with Crippen LogP contribution in [0, 0.1) is 5.92 Å². The van der Waals surface area contributed by atoms with Crippen molar-refractivity contribution in [2.45, 2.75) is 56.5 Å². The topological polar surface area (TPSA) is 92.4 Å². The zero-order chi connectivity index (χ0) is 17.4. The van der Waals surface area contributed by atoms with E-state index in [4.69, 9.17) is 4.74 Å². The van der Waals surface area contributed by atoms with E-state index in [1.165, 1.54) is 6.33 Å². The van der Waals surface area contributed by atoms with Gasteiger partial charge in [-0.1, -0.05) is 0 Å². The van der Waals surface area contributed by atoms with Gasteiger partial charge >= 0.3 is 5.97 Å². The van der Waals surface area contributed by atoms with Crippen molar-refractivity contribution in [1.29, 1.82) is 0 Å². The number of nitrogens with one attached hydrogen (secondary N) is 1. The molecule has 3 aliphatic rings. The Morgan fingerprint density at radius 3 is 2.64 bits per heavy atom. The van der Waals surface area contributed by atoms with Crippen LogP contribution in [0.1, 0.15) is 56.6 Å². The highest BCUT2D eigenvalue weighted by Crippen LogP contribution is 2.46. The molecule has 3 fully saturated rings. The fourth-order valence-electron chi connectivity index (χ4n) is 4.65. The normalized spacial score (nSPS) is 26.2. The van der Waals surface area contributed by atoms with Crippen LogP contribution < -0.4 is 5.56 Å². The number of aromatic amines is 1. The lowest BCUT2D eigenvalue weighted by Gasteiger charge is -2.36. The average Bonchev–Trinajstić information content (AvgIpc) is 3.21. The Morgan fingerprint density at radius 1 is 1.24 bits per heavy atom. The minimum absolute atomic E-state index is 0.0602. The largest absolute Gasteiger partial charge is 0.458 e. The Bertz CT molecular complexity index is 730. The van der Waals surface area contributed by atoms with Crippen LogP contribution in [0.2, 0.25) is 0 Å². The van der Waals surface area contributed by atoms with Crippen LogP contribution in [0.4, 0.5) is 0 Å². The molecule has 1 saturated carbocycles. The van der Waals surface area contributed by atoms with Gasteiger partial charge in [0.05, 0.1) is 24.4 Å². The number of carbonyl (C=O) groups excluding carboxylic acids is 2. The minimum atomic E-state index is -0.542. The molecule has 25 heavy (non-hydrogen) atoms. The summed E-state index contributed by atoms with van der Waals surface area (Å²) in [6, 6.07) is 1.54. The molecule has 1 amide bonds. The monoisotopic (exact) mass is 345 g/mol. The predicted octanol–water partition coefficient (Wildman–Crippen LogP) is 1.35. The second kappa shape index (κ2) is 6.28. The Hall–Kier alpha value is -2.18. The van der Waals surface area contributed by atoms with Crippen molar-refractivity contribution in [1.82, 2.24) is 14.9 Å². The van der Waals surface area contributed by atoms with Gasteiger partial charge < -0.3 is 14.6 Å². The molecule has 134 valence electrons. The summed E-state index contributed by atoms with van der Waals surface area (Å²) in [7, 11) is 0. The molecular weight excluding hydrogens is 322 g/mol. The molecule has 0 bridgehead atoms. The van der Waals surface area contributed by atoms with Crippen molar-refractivity contribution in [2.24, 2.45) is 5.92 Å². The number of rotatable bonds is 2. The van der Waals surface area contributed by atoms with Crippen molar-refractivity contribution in [3.8, 4) is 0 Å². The molecule has 7 nitrogen and oxygen atoms in total. The van der Waals surface area contributed by atoms with E-state index in [1.54, 1.807) is 6.07 Å². The number of ether oxygens (including phenoxy) is 1. The third kappa shape index (κ3) is 2.96. The number of hydrogen-bond donors (Lipinski definition) is 1. The molecule has 0 aromatic carbocycles. The molecule has 1 spiro atoms. The third-order valence-electron chi connectivity index (χ3n) is 6.00. The van der Waals surface area contributed by atoms with E-state index in [0.717, 1.165) is 44.2 Å². The summed E-state index contributed by atoms with van der Waals surface area (Å²) < 4.78 is 5.60. The number of H-pyrrole nitrogens is 1. The zero-order valence-corrected chi connectivity index (χ0v) is 14.2. The maximum atomic E-state index is 13.0. The highest BCUT2D eigenvalue weighted by molar-refractivity contribution is 5.88. The maximum absolute atomic E-state index is 13.0. The summed E-state index contributed by atoms with van der Waals surface area (Å²) in [6.45, 7) is 1.28. The molecule has 1 aromatic rings. The number of amides is 1. The summed E-state index contributed by atoms with van der Waals surface area (Å²) in [4.78, 5) is 45.0. The van der Waals surface area contributed by atoms with Gasteiger partial charge in [-0.2, -0.15) is 0 Å². The summed E-state index contributed by atoms with van der Waals surface area (Å²) >= 11 is 0. The quantitative estimate of drug-likeness (QED) is 0.817. The minimum Gasteiger partial charge on any atom is -0.458 e. The smallest absolute Gasteiger partial charge is 0.307 e. The number of likely N-dealkylation sites (tertiary alicyclic amines) is 1. The van der Waals surface area contributed by atoms with Gasteiger partial charge in [-0.3, -0.25) is 14.4 Å². The summed E-state index contributed by atoms with van der Waals surface area (Å²) in [6.07, 6.45) is 6.88. The highest BCUT2D eigenvalue weighted by Gasteiger charge is 2.54. The molecule has 7 heteroatoms. The van der Waals surface area contributed by atoms with Crippen LogP contribution in [0.5, 0.6) is 0 Å². The molecule has 0 unspecified atom stereocenters. The van der Waals surface area contributed by atoms with Gasteiger partial charge in [0.1, 0.15) is 5.60 Å². The number of aromatic nitrogens is 2. The van der Waals surface area contributed by atoms with Crippen molar-refractivity contribution in [2.75, 3.05) is 13.1 Å². The first-order chi connectivity index (χ1) is 12.1. The van der Waals surface area contributed by atoms with Gasteiger partial charge in [-0.05, 0) is 38.5 Å². The molecule has 4 rings (SSSR count). The third-order valence-corrected chi connectivity index (χ3v) is 6.00. The van der Waals surface area contributed by atoms with Crippen LogP contribution in [0.3, 0.4) is 0 Å². The molecule has 1 aromatic heterocycles. The molecule has 0 radical (unpaired) electrons. The van der Waals surface area contributed by atoms with E-state index in [1.807, 2.05) is 4.90 Å². The second-order valence-electron chi connectivity index (χ2n) is 7.44. The van der Waals surface area contributed by atoms with Crippen molar-refractivity contribution < 1.29 is 14.3 Å². The van der Waals surface area contributed by atoms with Gasteiger partial charge in [-0.25, -0.2) is 4.98 Å². The molecule has 1 atom stereocenters. The molecular formula is C18H23N3O4. The number of piperidine rings is 1. The summed E-state index contributed by atoms with van der Waals surface area (Å²) in [5.74, 6) is -0.294. The van der Waals surface area contributed by atoms with Gasteiger partial charge in [0.15, 0.2) is 0 Å².